The summed E-state index contributed by atoms with van der Waals surface area (Å²) < 4.78 is 1.66. The molecule has 3 aromatic carbocycles. The first-order valence-corrected chi connectivity index (χ1v) is 13.5. The molecule has 1 N–H and O–H groups in total. The first kappa shape index (κ1) is 27.4. The molecule has 0 aliphatic rings. The van der Waals surface area contributed by atoms with Gasteiger partial charge in [0.15, 0.2) is 0 Å². The second-order valence-corrected chi connectivity index (χ2v) is 10.6. The van der Waals surface area contributed by atoms with Crippen molar-refractivity contribution < 1.29 is 4.79 Å². The third-order valence-corrected chi connectivity index (χ3v) is 7.01. The molecule has 4 rings (SSSR count). The maximum atomic E-state index is 14.0. The highest BCUT2D eigenvalue weighted by Gasteiger charge is 2.29. The van der Waals surface area contributed by atoms with Crippen LogP contribution >= 0.6 is 11.6 Å². The number of para-hydroxylation sites is 1. The number of carbonyl (C=O) groups is 1. The standard InChI is InChI=1S/C31H35ClN4O2/c1-6-27(35(18-17-20(2)3)31(38)33-24-14-11-21(4)12-15-24)29-34-26-10-8-7-9-25(26)30(37)36(29)28-16-13-23(32)19-22(28)5/h7-16,19-20,27H,6,17-18H2,1-5H3,(H,33,38). The van der Waals surface area contributed by atoms with Crippen LogP contribution in [-0.4, -0.2) is 27.0 Å². The number of hydrogen-bond donors (Lipinski definition) is 1. The number of nitrogens with one attached hydrogen (secondary N) is 1. The Morgan fingerprint density at radius 3 is 2.42 bits per heavy atom. The summed E-state index contributed by atoms with van der Waals surface area (Å²) in [5.41, 5.74) is 3.84. The van der Waals surface area contributed by atoms with Crippen LogP contribution in [0.25, 0.3) is 16.6 Å². The first-order valence-electron chi connectivity index (χ1n) is 13.1. The summed E-state index contributed by atoms with van der Waals surface area (Å²) in [6, 6.07) is 19.9. The van der Waals surface area contributed by atoms with Gasteiger partial charge in [-0.05, 0) is 80.6 Å². The van der Waals surface area contributed by atoms with Crippen molar-refractivity contribution in [1.82, 2.24) is 14.5 Å². The van der Waals surface area contributed by atoms with Gasteiger partial charge in [-0.1, -0.05) is 62.2 Å². The van der Waals surface area contributed by atoms with Gasteiger partial charge in [-0.3, -0.25) is 9.36 Å². The zero-order chi connectivity index (χ0) is 27.4. The lowest BCUT2D eigenvalue weighted by Gasteiger charge is -2.33. The average Bonchev–Trinajstić information content (AvgIpc) is 2.88. The quantitative estimate of drug-likeness (QED) is 0.254. The Kier molecular flexibility index (Phi) is 8.52. The molecule has 1 heterocycles. The molecule has 7 heteroatoms. The average molecular weight is 531 g/mol. The molecule has 0 aliphatic heterocycles. The van der Waals surface area contributed by atoms with Crippen LogP contribution in [-0.2, 0) is 0 Å². The second-order valence-electron chi connectivity index (χ2n) is 10.2. The molecule has 1 aromatic heterocycles. The predicted molar refractivity (Wildman–Crippen MR) is 156 cm³/mol. The van der Waals surface area contributed by atoms with Gasteiger partial charge in [-0.25, -0.2) is 9.78 Å². The minimum Gasteiger partial charge on any atom is -0.314 e. The molecular weight excluding hydrogens is 496 g/mol. The number of halogens is 1. The molecule has 1 atom stereocenters. The molecule has 1 unspecified atom stereocenters. The molecule has 198 valence electrons. The molecule has 0 saturated carbocycles. The van der Waals surface area contributed by atoms with Crippen LogP contribution in [0.1, 0.15) is 56.6 Å². The van der Waals surface area contributed by atoms with Gasteiger partial charge < -0.3 is 10.2 Å². The van der Waals surface area contributed by atoms with Gasteiger partial charge in [0.25, 0.3) is 5.56 Å². The number of carbonyl (C=O) groups excluding carboxylic acids is 1. The number of fused-ring (bicyclic) bond motifs is 1. The SMILES string of the molecule is CCC(c1nc2ccccc2c(=O)n1-c1ccc(Cl)cc1C)N(CCC(C)C)C(=O)Nc1ccc(C)cc1. The van der Waals surface area contributed by atoms with E-state index in [1.807, 2.05) is 80.3 Å². The topological polar surface area (TPSA) is 67.2 Å². The van der Waals surface area contributed by atoms with E-state index in [4.69, 9.17) is 16.6 Å². The largest absolute Gasteiger partial charge is 0.322 e. The van der Waals surface area contributed by atoms with Crippen molar-refractivity contribution in [3.8, 4) is 5.69 Å². The highest BCUT2D eigenvalue weighted by molar-refractivity contribution is 6.30. The molecule has 38 heavy (non-hydrogen) atoms. The number of aromatic nitrogens is 2. The lowest BCUT2D eigenvalue weighted by atomic mass is 10.1. The van der Waals surface area contributed by atoms with Gasteiger partial charge in [0.2, 0.25) is 0 Å². The van der Waals surface area contributed by atoms with Crippen LogP contribution in [0.2, 0.25) is 5.02 Å². The van der Waals surface area contributed by atoms with Crippen LogP contribution in [0.3, 0.4) is 0 Å². The minimum atomic E-state index is -0.438. The normalized spacial score (nSPS) is 12.1. The summed E-state index contributed by atoms with van der Waals surface area (Å²) in [7, 11) is 0. The zero-order valence-electron chi connectivity index (χ0n) is 22.7. The van der Waals surface area contributed by atoms with E-state index in [1.165, 1.54) is 0 Å². The Bertz CT molecular complexity index is 1490. The fourth-order valence-electron chi connectivity index (χ4n) is 4.65. The predicted octanol–water partition coefficient (Wildman–Crippen LogP) is 7.69. The van der Waals surface area contributed by atoms with E-state index in [9.17, 15) is 9.59 Å². The van der Waals surface area contributed by atoms with E-state index in [-0.39, 0.29) is 11.6 Å². The summed E-state index contributed by atoms with van der Waals surface area (Å²) in [6.45, 7) is 10.8. The lowest BCUT2D eigenvalue weighted by Crippen LogP contribution is -2.41. The lowest BCUT2D eigenvalue weighted by molar-refractivity contribution is 0.176. The Hall–Kier alpha value is -3.64. The molecule has 4 aromatic rings. The highest BCUT2D eigenvalue weighted by Crippen LogP contribution is 2.29. The van der Waals surface area contributed by atoms with Crippen molar-refractivity contribution in [2.45, 2.75) is 53.5 Å². The molecule has 0 aliphatic carbocycles. The number of urea groups is 1. The fraction of sp³-hybridized carbons (Fsp3) is 0.323. The first-order chi connectivity index (χ1) is 18.2. The third-order valence-electron chi connectivity index (χ3n) is 6.77. The molecular formula is C31H35ClN4O2. The van der Waals surface area contributed by atoms with E-state index in [1.54, 1.807) is 16.7 Å². The molecule has 0 fully saturated rings. The van der Waals surface area contributed by atoms with Crippen LogP contribution in [0.4, 0.5) is 10.5 Å². The Labute approximate surface area is 229 Å². The Morgan fingerprint density at radius 2 is 1.76 bits per heavy atom. The maximum Gasteiger partial charge on any atom is 0.322 e. The van der Waals surface area contributed by atoms with E-state index < -0.39 is 6.04 Å². The molecule has 6 nitrogen and oxygen atoms in total. The molecule has 0 radical (unpaired) electrons. The number of rotatable bonds is 8. The molecule has 0 spiro atoms. The summed E-state index contributed by atoms with van der Waals surface area (Å²) in [5.74, 6) is 0.928. The van der Waals surface area contributed by atoms with E-state index in [0.717, 1.165) is 23.2 Å². The van der Waals surface area contributed by atoms with Crippen molar-refractivity contribution in [1.29, 1.82) is 0 Å². The van der Waals surface area contributed by atoms with Gasteiger partial charge in [0, 0.05) is 17.3 Å². The molecule has 2 amide bonds. The van der Waals surface area contributed by atoms with Crippen molar-refractivity contribution in [3.05, 3.63) is 99.1 Å². The summed E-state index contributed by atoms with van der Waals surface area (Å²) >= 11 is 6.25. The van der Waals surface area contributed by atoms with E-state index >= 15 is 0 Å². The van der Waals surface area contributed by atoms with Gasteiger partial charge in [0.1, 0.15) is 5.82 Å². The van der Waals surface area contributed by atoms with Gasteiger partial charge >= 0.3 is 6.03 Å². The fourth-order valence-corrected chi connectivity index (χ4v) is 4.87. The van der Waals surface area contributed by atoms with Crippen LogP contribution < -0.4 is 10.9 Å². The monoisotopic (exact) mass is 530 g/mol. The maximum absolute atomic E-state index is 14.0. The number of benzene rings is 3. The third kappa shape index (κ3) is 5.91. The van der Waals surface area contributed by atoms with E-state index in [0.29, 0.717) is 46.3 Å². The summed E-state index contributed by atoms with van der Waals surface area (Å²) in [4.78, 5) is 34.6. The summed E-state index contributed by atoms with van der Waals surface area (Å²) in [5, 5.41) is 4.18. The second kappa shape index (κ2) is 11.8. The Morgan fingerprint density at radius 1 is 1.05 bits per heavy atom. The highest BCUT2D eigenvalue weighted by atomic mass is 35.5. The number of hydrogen-bond acceptors (Lipinski definition) is 3. The zero-order valence-corrected chi connectivity index (χ0v) is 23.4. The van der Waals surface area contributed by atoms with Crippen LogP contribution in [0, 0.1) is 19.8 Å². The van der Waals surface area contributed by atoms with Crippen molar-refractivity contribution in [3.63, 3.8) is 0 Å². The Balaban J connectivity index is 1.89. The smallest absolute Gasteiger partial charge is 0.314 e. The molecule has 0 saturated heterocycles. The van der Waals surface area contributed by atoms with Gasteiger partial charge in [-0.15, -0.1) is 0 Å². The van der Waals surface area contributed by atoms with Crippen molar-refractivity contribution in [2.75, 3.05) is 11.9 Å². The van der Waals surface area contributed by atoms with E-state index in [2.05, 4.69) is 19.2 Å². The minimum absolute atomic E-state index is 0.169. The van der Waals surface area contributed by atoms with Crippen LogP contribution in [0.15, 0.2) is 71.5 Å². The van der Waals surface area contributed by atoms with Crippen molar-refractivity contribution in [2.24, 2.45) is 5.92 Å². The van der Waals surface area contributed by atoms with Crippen LogP contribution in [0.5, 0.6) is 0 Å². The summed E-state index contributed by atoms with van der Waals surface area (Å²) in [6.07, 6.45) is 1.40. The molecule has 0 bridgehead atoms. The number of amides is 2. The number of aryl methyl sites for hydroxylation is 2. The number of nitrogens with zero attached hydrogens (tertiary/aromatic N) is 3. The number of anilines is 1. The van der Waals surface area contributed by atoms with Gasteiger partial charge in [-0.2, -0.15) is 0 Å². The van der Waals surface area contributed by atoms with Crippen molar-refractivity contribution >= 4 is 34.2 Å². The van der Waals surface area contributed by atoms with Gasteiger partial charge in [0.05, 0.1) is 22.6 Å².